The Morgan fingerprint density at radius 2 is 1.95 bits per heavy atom. The topological polar surface area (TPSA) is 38.9 Å². The zero-order chi connectivity index (χ0) is 14.1. The fraction of sp³-hybridized carbons (Fsp3) is 0.0625. The van der Waals surface area contributed by atoms with Crippen LogP contribution < -0.4 is 5.73 Å². The summed E-state index contributed by atoms with van der Waals surface area (Å²) in [6.45, 7) is 0. The summed E-state index contributed by atoms with van der Waals surface area (Å²) in [6, 6.07) is 14.1. The van der Waals surface area contributed by atoms with Gasteiger partial charge in [-0.15, -0.1) is 0 Å². The smallest absolute Gasteiger partial charge is 0.124 e. The van der Waals surface area contributed by atoms with Gasteiger partial charge in [-0.1, -0.05) is 34.1 Å². The summed E-state index contributed by atoms with van der Waals surface area (Å²) in [5, 5.41) is 1.04. The van der Waals surface area contributed by atoms with E-state index in [1.54, 1.807) is 12.3 Å². The molecule has 100 valence electrons. The molecule has 2 N–H and O–H groups in total. The summed E-state index contributed by atoms with van der Waals surface area (Å²) in [5.41, 5.74) is 9.04. The van der Waals surface area contributed by atoms with Gasteiger partial charge in [-0.2, -0.15) is 0 Å². The molecule has 0 radical (unpaired) electrons. The standard InChI is InChI=1S/C16H12BrFN2/c17-14-9-12(18)4-5-13(14)16(19)11-3-6-15-10(8-11)2-1-7-20-15/h1-9,16H,19H2. The molecule has 1 aromatic heterocycles. The number of nitrogens with zero attached hydrogens (tertiary/aromatic N) is 1. The highest BCUT2D eigenvalue weighted by molar-refractivity contribution is 9.10. The quantitative estimate of drug-likeness (QED) is 0.765. The van der Waals surface area contributed by atoms with Crippen LogP contribution in [0.3, 0.4) is 0 Å². The minimum Gasteiger partial charge on any atom is -0.320 e. The number of halogens is 2. The van der Waals surface area contributed by atoms with Crippen LogP contribution in [-0.2, 0) is 0 Å². The first kappa shape index (κ1) is 13.2. The molecule has 0 spiro atoms. The lowest BCUT2D eigenvalue weighted by molar-refractivity contribution is 0.625. The molecule has 0 saturated heterocycles. The fourth-order valence-corrected chi connectivity index (χ4v) is 2.82. The van der Waals surface area contributed by atoms with E-state index in [9.17, 15) is 4.39 Å². The van der Waals surface area contributed by atoms with E-state index in [0.29, 0.717) is 4.47 Å². The molecule has 1 unspecified atom stereocenters. The Labute approximate surface area is 124 Å². The monoisotopic (exact) mass is 330 g/mol. The van der Waals surface area contributed by atoms with Crippen molar-refractivity contribution in [1.29, 1.82) is 0 Å². The minimum atomic E-state index is -0.311. The lowest BCUT2D eigenvalue weighted by Gasteiger charge is -2.15. The van der Waals surface area contributed by atoms with Crippen LogP contribution in [0.5, 0.6) is 0 Å². The van der Waals surface area contributed by atoms with Crippen LogP contribution in [0, 0.1) is 5.82 Å². The molecular formula is C16H12BrFN2. The largest absolute Gasteiger partial charge is 0.320 e. The van der Waals surface area contributed by atoms with Gasteiger partial charge in [-0.05, 0) is 41.5 Å². The predicted octanol–water partition coefficient (Wildman–Crippen LogP) is 4.18. The number of pyridine rings is 1. The molecule has 2 aromatic carbocycles. The second-order valence-electron chi connectivity index (χ2n) is 4.60. The minimum absolute atomic E-state index is 0.282. The normalized spacial score (nSPS) is 12.6. The summed E-state index contributed by atoms with van der Waals surface area (Å²) < 4.78 is 13.8. The van der Waals surface area contributed by atoms with Gasteiger partial charge in [0.25, 0.3) is 0 Å². The highest BCUT2D eigenvalue weighted by Gasteiger charge is 2.13. The molecule has 0 amide bonds. The third-order valence-corrected chi connectivity index (χ3v) is 3.97. The van der Waals surface area contributed by atoms with Gasteiger partial charge in [-0.25, -0.2) is 4.39 Å². The number of aromatic nitrogens is 1. The van der Waals surface area contributed by atoms with Crippen LogP contribution in [0.2, 0.25) is 0 Å². The van der Waals surface area contributed by atoms with E-state index < -0.39 is 0 Å². The highest BCUT2D eigenvalue weighted by atomic mass is 79.9. The molecule has 0 fully saturated rings. The molecule has 1 heterocycles. The molecule has 3 rings (SSSR count). The van der Waals surface area contributed by atoms with E-state index in [-0.39, 0.29) is 11.9 Å². The summed E-state index contributed by atoms with van der Waals surface area (Å²) in [5.74, 6) is -0.282. The van der Waals surface area contributed by atoms with E-state index in [4.69, 9.17) is 5.73 Å². The van der Waals surface area contributed by atoms with E-state index in [1.165, 1.54) is 12.1 Å². The van der Waals surface area contributed by atoms with E-state index in [1.807, 2.05) is 30.3 Å². The van der Waals surface area contributed by atoms with Crippen LogP contribution in [0.4, 0.5) is 4.39 Å². The maximum Gasteiger partial charge on any atom is 0.124 e. The molecule has 0 aliphatic carbocycles. The van der Waals surface area contributed by atoms with Crippen molar-refractivity contribution in [3.63, 3.8) is 0 Å². The summed E-state index contributed by atoms with van der Waals surface area (Å²) in [4.78, 5) is 4.28. The lowest BCUT2D eigenvalue weighted by Crippen LogP contribution is -2.12. The first-order valence-corrected chi connectivity index (χ1v) is 6.99. The van der Waals surface area contributed by atoms with Gasteiger partial charge in [0.05, 0.1) is 11.6 Å². The molecule has 2 nitrogen and oxygen atoms in total. The molecule has 0 aliphatic heterocycles. The van der Waals surface area contributed by atoms with Crippen molar-refractivity contribution in [2.75, 3.05) is 0 Å². The first-order valence-electron chi connectivity index (χ1n) is 6.20. The SMILES string of the molecule is NC(c1ccc2ncccc2c1)c1ccc(F)cc1Br. The summed E-state index contributed by atoms with van der Waals surface area (Å²) >= 11 is 3.36. The van der Waals surface area contributed by atoms with Crippen molar-refractivity contribution in [2.45, 2.75) is 6.04 Å². The van der Waals surface area contributed by atoms with Gasteiger partial charge in [-0.3, -0.25) is 4.98 Å². The Kier molecular flexibility index (Phi) is 3.51. The van der Waals surface area contributed by atoms with Crippen LogP contribution in [0.1, 0.15) is 17.2 Å². The van der Waals surface area contributed by atoms with E-state index >= 15 is 0 Å². The molecule has 0 bridgehead atoms. The van der Waals surface area contributed by atoms with Gasteiger partial charge >= 0.3 is 0 Å². The van der Waals surface area contributed by atoms with Crippen LogP contribution in [0.25, 0.3) is 10.9 Å². The van der Waals surface area contributed by atoms with Crippen molar-refractivity contribution in [3.8, 4) is 0 Å². The Morgan fingerprint density at radius 1 is 1.10 bits per heavy atom. The number of fused-ring (bicyclic) bond motifs is 1. The van der Waals surface area contributed by atoms with Gasteiger partial charge in [0.15, 0.2) is 0 Å². The van der Waals surface area contributed by atoms with Crippen LogP contribution in [-0.4, -0.2) is 4.98 Å². The third-order valence-electron chi connectivity index (χ3n) is 3.28. The van der Waals surface area contributed by atoms with Gasteiger partial charge in [0.1, 0.15) is 5.82 Å². The van der Waals surface area contributed by atoms with E-state index in [0.717, 1.165) is 22.0 Å². The Morgan fingerprint density at radius 3 is 2.75 bits per heavy atom. The van der Waals surface area contributed by atoms with Gasteiger partial charge in [0, 0.05) is 16.1 Å². The second kappa shape index (κ2) is 5.31. The summed E-state index contributed by atoms with van der Waals surface area (Å²) in [7, 11) is 0. The number of benzene rings is 2. The maximum atomic E-state index is 13.1. The molecule has 4 heteroatoms. The second-order valence-corrected chi connectivity index (χ2v) is 5.45. The Hall–Kier alpha value is -1.78. The third kappa shape index (κ3) is 2.44. The fourth-order valence-electron chi connectivity index (χ4n) is 2.22. The van der Waals surface area contributed by atoms with Crippen molar-refractivity contribution in [2.24, 2.45) is 5.73 Å². The van der Waals surface area contributed by atoms with Crippen molar-refractivity contribution in [3.05, 3.63) is 76.1 Å². The number of hydrogen-bond donors (Lipinski definition) is 1. The molecule has 20 heavy (non-hydrogen) atoms. The molecular weight excluding hydrogens is 319 g/mol. The molecule has 3 aromatic rings. The Bertz CT molecular complexity index is 773. The van der Waals surface area contributed by atoms with Gasteiger partial charge < -0.3 is 5.73 Å². The van der Waals surface area contributed by atoms with Crippen molar-refractivity contribution < 1.29 is 4.39 Å². The number of nitrogens with two attached hydrogens (primary N) is 1. The van der Waals surface area contributed by atoms with Crippen molar-refractivity contribution >= 4 is 26.8 Å². The predicted molar refractivity (Wildman–Crippen MR) is 81.9 cm³/mol. The lowest BCUT2D eigenvalue weighted by atomic mass is 9.98. The van der Waals surface area contributed by atoms with Crippen molar-refractivity contribution in [1.82, 2.24) is 4.98 Å². The maximum absolute atomic E-state index is 13.1. The Balaban J connectivity index is 2.05. The summed E-state index contributed by atoms with van der Waals surface area (Å²) in [6.07, 6.45) is 1.76. The highest BCUT2D eigenvalue weighted by Crippen LogP contribution is 2.28. The molecule has 0 saturated carbocycles. The zero-order valence-corrected chi connectivity index (χ0v) is 12.1. The molecule has 0 aliphatic rings. The van der Waals surface area contributed by atoms with Crippen LogP contribution in [0.15, 0.2) is 59.2 Å². The van der Waals surface area contributed by atoms with E-state index in [2.05, 4.69) is 20.9 Å². The average molecular weight is 331 g/mol. The molecule has 1 atom stereocenters. The zero-order valence-electron chi connectivity index (χ0n) is 10.6. The first-order chi connectivity index (χ1) is 9.65. The number of rotatable bonds is 2. The van der Waals surface area contributed by atoms with Gasteiger partial charge in [0.2, 0.25) is 0 Å². The number of hydrogen-bond acceptors (Lipinski definition) is 2. The average Bonchev–Trinajstić information content (AvgIpc) is 2.46. The van der Waals surface area contributed by atoms with Crippen LogP contribution >= 0.6 is 15.9 Å².